The Morgan fingerprint density at radius 2 is 2.16 bits per heavy atom. The molecule has 0 heterocycles. The molecule has 1 rings (SSSR count). The molecule has 0 saturated carbocycles. The normalized spacial score (nSPS) is 12.3. The van der Waals surface area contributed by atoms with E-state index in [1.54, 1.807) is 12.1 Å². The van der Waals surface area contributed by atoms with Gasteiger partial charge in [0.15, 0.2) is 0 Å². The number of ether oxygens (including phenoxy) is 1. The number of nitrogens with one attached hydrogen (secondary N) is 1. The van der Waals surface area contributed by atoms with Crippen molar-refractivity contribution in [1.82, 2.24) is 5.32 Å². The van der Waals surface area contributed by atoms with E-state index in [0.717, 1.165) is 18.6 Å². The largest absolute Gasteiger partial charge is 0.491 e. The number of rotatable bonds is 7. The topological polar surface area (TPSA) is 38.3 Å². The third-order valence-electron chi connectivity index (χ3n) is 2.55. The summed E-state index contributed by atoms with van der Waals surface area (Å²) in [5.41, 5.74) is 0.634. The van der Waals surface area contributed by atoms with Crippen LogP contribution in [0.3, 0.4) is 0 Å². The van der Waals surface area contributed by atoms with E-state index in [9.17, 15) is 4.79 Å². The lowest BCUT2D eigenvalue weighted by Crippen LogP contribution is -2.29. The standard InChI is InChI=1S/C15H22BrNO2/c1-4-6-13(16)10-17-15(18)12-7-5-8-14(9-12)19-11(2)3/h5,7-9,11,13H,4,6,10H2,1-3H3,(H,17,18). The van der Waals surface area contributed by atoms with E-state index < -0.39 is 0 Å². The second-order valence-electron chi connectivity index (χ2n) is 4.79. The number of carbonyl (C=O) groups excluding carboxylic acids is 1. The Balaban J connectivity index is 2.56. The molecule has 0 aliphatic heterocycles. The van der Waals surface area contributed by atoms with Gasteiger partial charge in [-0.1, -0.05) is 35.3 Å². The fourth-order valence-electron chi connectivity index (χ4n) is 1.70. The van der Waals surface area contributed by atoms with E-state index in [1.165, 1.54) is 0 Å². The SMILES string of the molecule is CCCC(Br)CNC(=O)c1cccc(OC(C)C)c1. The summed E-state index contributed by atoms with van der Waals surface area (Å²) in [4.78, 5) is 12.3. The van der Waals surface area contributed by atoms with Gasteiger partial charge in [0, 0.05) is 16.9 Å². The molecule has 1 atom stereocenters. The Labute approximate surface area is 123 Å². The molecular weight excluding hydrogens is 306 g/mol. The second kappa shape index (κ2) is 8.20. The van der Waals surface area contributed by atoms with Crippen LogP contribution in [-0.4, -0.2) is 23.4 Å². The number of benzene rings is 1. The quantitative estimate of drug-likeness (QED) is 0.774. The molecule has 0 aromatic heterocycles. The van der Waals surface area contributed by atoms with Crippen molar-refractivity contribution in [3.05, 3.63) is 29.8 Å². The summed E-state index contributed by atoms with van der Waals surface area (Å²) in [6.45, 7) is 6.70. The number of alkyl halides is 1. The molecule has 4 heteroatoms. The molecule has 0 spiro atoms. The summed E-state index contributed by atoms with van der Waals surface area (Å²) in [6, 6.07) is 7.27. The molecule has 106 valence electrons. The van der Waals surface area contributed by atoms with Gasteiger partial charge in [-0.3, -0.25) is 4.79 Å². The Bertz CT molecular complexity index is 407. The van der Waals surface area contributed by atoms with Crippen LogP contribution in [0.1, 0.15) is 44.0 Å². The van der Waals surface area contributed by atoms with Crippen LogP contribution in [0.5, 0.6) is 5.75 Å². The van der Waals surface area contributed by atoms with Crippen molar-refractivity contribution in [2.75, 3.05) is 6.54 Å². The highest BCUT2D eigenvalue weighted by molar-refractivity contribution is 9.09. The average molecular weight is 328 g/mol. The van der Waals surface area contributed by atoms with Crippen molar-refractivity contribution < 1.29 is 9.53 Å². The molecule has 19 heavy (non-hydrogen) atoms. The van der Waals surface area contributed by atoms with Crippen LogP contribution in [0.2, 0.25) is 0 Å². The summed E-state index contributed by atoms with van der Waals surface area (Å²) in [7, 11) is 0. The molecule has 1 N–H and O–H groups in total. The monoisotopic (exact) mass is 327 g/mol. The third kappa shape index (κ3) is 6.10. The molecule has 0 aliphatic carbocycles. The van der Waals surface area contributed by atoms with E-state index >= 15 is 0 Å². The second-order valence-corrected chi connectivity index (χ2v) is 6.09. The minimum Gasteiger partial charge on any atom is -0.491 e. The van der Waals surface area contributed by atoms with Gasteiger partial charge in [-0.05, 0) is 38.5 Å². The van der Waals surface area contributed by atoms with Gasteiger partial charge in [0.05, 0.1) is 6.10 Å². The van der Waals surface area contributed by atoms with Crippen LogP contribution < -0.4 is 10.1 Å². The van der Waals surface area contributed by atoms with Gasteiger partial charge in [0.2, 0.25) is 0 Å². The van der Waals surface area contributed by atoms with E-state index in [0.29, 0.717) is 16.9 Å². The van der Waals surface area contributed by atoms with Crippen molar-refractivity contribution >= 4 is 21.8 Å². The Hall–Kier alpha value is -1.03. The average Bonchev–Trinajstić information content (AvgIpc) is 2.36. The molecule has 1 aromatic carbocycles. The fraction of sp³-hybridized carbons (Fsp3) is 0.533. The predicted molar refractivity (Wildman–Crippen MR) is 82.2 cm³/mol. The molecule has 1 amide bonds. The number of hydrogen-bond donors (Lipinski definition) is 1. The Kier molecular flexibility index (Phi) is 6.92. The number of amides is 1. The summed E-state index contributed by atoms with van der Waals surface area (Å²) in [5.74, 6) is 0.668. The molecule has 0 radical (unpaired) electrons. The predicted octanol–water partition coefficient (Wildman–Crippen LogP) is 3.77. The zero-order chi connectivity index (χ0) is 14.3. The molecule has 0 fully saturated rings. The van der Waals surface area contributed by atoms with E-state index in [1.807, 2.05) is 26.0 Å². The first-order chi connectivity index (χ1) is 9.02. The van der Waals surface area contributed by atoms with Gasteiger partial charge in [0.1, 0.15) is 5.75 Å². The maximum Gasteiger partial charge on any atom is 0.251 e. The van der Waals surface area contributed by atoms with Crippen molar-refractivity contribution in [3.8, 4) is 5.75 Å². The Morgan fingerprint density at radius 3 is 2.79 bits per heavy atom. The molecule has 1 unspecified atom stereocenters. The maximum absolute atomic E-state index is 12.0. The number of halogens is 1. The fourth-order valence-corrected chi connectivity index (χ4v) is 2.32. The lowest BCUT2D eigenvalue weighted by Gasteiger charge is -2.12. The smallest absolute Gasteiger partial charge is 0.251 e. The van der Waals surface area contributed by atoms with Crippen molar-refractivity contribution in [2.24, 2.45) is 0 Å². The van der Waals surface area contributed by atoms with Crippen molar-refractivity contribution in [1.29, 1.82) is 0 Å². The maximum atomic E-state index is 12.0. The molecule has 3 nitrogen and oxygen atoms in total. The number of hydrogen-bond acceptors (Lipinski definition) is 2. The molecule has 1 aromatic rings. The van der Waals surface area contributed by atoms with Crippen LogP contribution in [0.4, 0.5) is 0 Å². The van der Waals surface area contributed by atoms with Crippen LogP contribution in [0, 0.1) is 0 Å². The van der Waals surface area contributed by atoms with Crippen molar-refractivity contribution in [2.45, 2.75) is 44.5 Å². The van der Waals surface area contributed by atoms with Gasteiger partial charge in [0.25, 0.3) is 5.91 Å². The zero-order valence-corrected chi connectivity index (χ0v) is 13.4. The minimum atomic E-state index is -0.0604. The van der Waals surface area contributed by atoms with Gasteiger partial charge in [-0.2, -0.15) is 0 Å². The highest BCUT2D eigenvalue weighted by atomic mass is 79.9. The van der Waals surface area contributed by atoms with Gasteiger partial charge < -0.3 is 10.1 Å². The summed E-state index contributed by atoms with van der Waals surface area (Å²) >= 11 is 3.55. The van der Waals surface area contributed by atoms with E-state index in [4.69, 9.17) is 4.74 Å². The lowest BCUT2D eigenvalue weighted by molar-refractivity contribution is 0.0953. The molecule has 0 bridgehead atoms. The highest BCUT2D eigenvalue weighted by Crippen LogP contribution is 2.15. The van der Waals surface area contributed by atoms with Crippen LogP contribution in [0.15, 0.2) is 24.3 Å². The first kappa shape index (κ1) is 16.0. The molecule has 0 aliphatic rings. The van der Waals surface area contributed by atoms with Crippen LogP contribution in [0.25, 0.3) is 0 Å². The summed E-state index contributed by atoms with van der Waals surface area (Å²) < 4.78 is 5.58. The molecule has 0 saturated heterocycles. The molecular formula is C15H22BrNO2. The number of carbonyl (C=O) groups is 1. The zero-order valence-electron chi connectivity index (χ0n) is 11.8. The van der Waals surface area contributed by atoms with Crippen molar-refractivity contribution in [3.63, 3.8) is 0 Å². The van der Waals surface area contributed by atoms with Gasteiger partial charge in [-0.25, -0.2) is 0 Å². The first-order valence-electron chi connectivity index (χ1n) is 6.72. The summed E-state index contributed by atoms with van der Waals surface area (Å²) in [6.07, 6.45) is 2.26. The minimum absolute atomic E-state index is 0.0604. The third-order valence-corrected chi connectivity index (χ3v) is 3.34. The highest BCUT2D eigenvalue weighted by Gasteiger charge is 2.09. The summed E-state index contributed by atoms with van der Waals surface area (Å²) in [5, 5.41) is 2.92. The lowest BCUT2D eigenvalue weighted by atomic mass is 10.2. The van der Waals surface area contributed by atoms with Crippen LogP contribution >= 0.6 is 15.9 Å². The Morgan fingerprint density at radius 1 is 1.42 bits per heavy atom. The van der Waals surface area contributed by atoms with Crippen LogP contribution in [-0.2, 0) is 0 Å². The first-order valence-corrected chi connectivity index (χ1v) is 7.63. The van der Waals surface area contributed by atoms with E-state index in [2.05, 4.69) is 28.2 Å². The van der Waals surface area contributed by atoms with Gasteiger partial charge >= 0.3 is 0 Å². The van der Waals surface area contributed by atoms with Gasteiger partial charge in [-0.15, -0.1) is 0 Å². The van der Waals surface area contributed by atoms with E-state index in [-0.39, 0.29) is 12.0 Å².